The van der Waals surface area contributed by atoms with Crippen LogP contribution in [0.4, 0.5) is 11.4 Å². The fourth-order valence-corrected chi connectivity index (χ4v) is 4.51. The van der Waals surface area contributed by atoms with Crippen molar-refractivity contribution in [2.24, 2.45) is 11.3 Å². The molecule has 2 aromatic carbocycles. The van der Waals surface area contributed by atoms with Crippen LogP contribution in [0.15, 0.2) is 54.6 Å². The van der Waals surface area contributed by atoms with Gasteiger partial charge in [0.2, 0.25) is 11.8 Å². The van der Waals surface area contributed by atoms with Crippen molar-refractivity contribution in [3.8, 4) is 0 Å². The lowest BCUT2D eigenvalue weighted by Crippen LogP contribution is -2.32. The number of para-hydroxylation sites is 1. The second-order valence-corrected chi connectivity index (χ2v) is 8.21. The Kier molecular flexibility index (Phi) is 7.16. The van der Waals surface area contributed by atoms with Gasteiger partial charge in [0.15, 0.2) is 0 Å². The monoisotopic (exact) mass is 427 g/mol. The van der Waals surface area contributed by atoms with E-state index in [0.29, 0.717) is 13.0 Å². The molecule has 1 unspecified atom stereocenters. The van der Waals surface area contributed by atoms with E-state index in [2.05, 4.69) is 10.6 Å². The van der Waals surface area contributed by atoms with Crippen LogP contribution < -0.4 is 15.5 Å². The van der Waals surface area contributed by atoms with E-state index in [1.165, 1.54) is 0 Å². The van der Waals surface area contributed by atoms with E-state index in [4.69, 9.17) is 0 Å². The van der Waals surface area contributed by atoms with Crippen LogP contribution in [0.5, 0.6) is 0 Å². The number of benzene rings is 2. The minimum atomic E-state index is 0. The van der Waals surface area contributed by atoms with Crippen LogP contribution >= 0.6 is 12.4 Å². The first-order chi connectivity index (χ1) is 14.1. The fourth-order valence-electron chi connectivity index (χ4n) is 4.51. The topological polar surface area (TPSA) is 61.4 Å². The normalized spacial score (nSPS) is 18.9. The number of nitrogens with zero attached hydrogens (tertiary/aromatic N) is 1. The highest BCUT2D eigenvalue weighted by molar-refractivity contribution is 5.96. The molecule has 1 saturated carbocycles. The lowest BCUT2D eigenvalue weighted by Gasteiger charge is -2.23. The fraction of sp³-hybridized carbons (Fsp3) is 0.417. The number of nitrogens with one attached hydrogen (secondary N) is 2. The Morgan fingerprint density at radius 1 is 1.07 bits per heavy atom. The summed E-state index contributed by atoms with van der Waals surface area (Å²) < 4.78 is 0. The van der Waals surface area contributed by atoms with Crippen LogP contribution in [0.1, 0.15) is 31.7 Å². The number of likely N-dealkylation sites (N-methyl/N-ethyl adjacent to an activating group) is 1. The second kappa shape index (κ2) is 9.63. The number of carbonyl (C=O) groups is 2. The zero-order valence-electron chi connectivity index (χ0n) is 17.4. The third-order valence-corrected chi connectivity index (χ3v) is 6.37. The Bertz CT molecular complexity index is 864. The van der Waals surface area contributed by atoms with E-state index in [1.54, 1.807) is 4.90 Å². The maximum Gasteiger partial charge on any atom is 0.231 e. The average molecular weight is 428 g/mol. The molecule has 2 aromatic rings. The molecule has 1 saturated heterocycles. The number of anilines is 2. The van der Waals surface area contributed by atoms with Gasteiger partial charge in [-0.2, -0.15) is 0 Å². The molecule has 1 atom stereocenters. The molecule has 1 spiro atoms. The van der Waals surface area contributed by atoms with Crippen molar-refractivity contribution in [1.29, 1.82) is 0 Å². The maximum absolute atomic E-state index is 12.7. The molecule has 1 aliphatic heterocycles. The lowest BCUT2D eigenvalue weighted by atomic mass is 9.92. The molecule has 4 rings (SSSR count). The molecule has 2 aliphatic rings. The summed E-state index contributed by atoms with van der Waals surface area (Å²) in [5.41, 5.74) is 2.91. The molecule has 0 aromatic heterocycles. The largest absolute Gasteiger partial charge is 0.326 e. The van der Waals surface area contributed by atoms with Gasteiger partial charge >= 0.3 is 0 Å². The van der Waals surface area contributed by atoms with Crippen molar-refractivity contribution in [3.63, 3.8) is 0 Å². The van der Waals surface area contributed by atoms with Gasteiger partial charge in [0.05, 0.1) is 6.42 Å². The lowest BCUT2D eigenvalue weighted by molar-refractivity contribution is -0.119. The predicted molar refractivity (Wildman–Crippen MR) is 123 cm³/mol. The number of hydrogen-bond donors (Lipinski definition) is 2. The first-order valence-electron chi connectivity index (χ1n) is 10.6. The summed E-state index contributed by atoms with van der Waals surface area (Å²) in [5, 5.41) is 6.43. The number of rotatable bonds is 6. The van der Waals surface area contributed by atoms with Gasteiger partial charge in [-0.1, -0.05) is 30.3 Å². The molecule has 160 valence electrons. The molecule has 2 N–H and O–H groups in total. The zero-order chi connectivity index (χ0) is 20.3. The van der Waals surface area contributed by atoms with Gasteiger partial charge in [-0.05, 0) is 74.5 Å². The number of amides is 2. The Morgan fingerprint density at radius 3 is 2.37 bits per heavy atom. The van der Waals surface area contributed by atoms with Crippen LogP contribution in [0.2, 0.25) is 0 Å². The van der Waals surface area contributed by atoms with Gasteiger partial charge in [-0.15, -0.1) is 12.4 Å². The molecule has 5 nitrogen and oxygen atoms in total. The summed E-state index contributed by atoms with van der Waals surface area (Å²) in [6.07, 6.45) is 3.55. The molecular formula is C24H30ClN3O2. The highest BCUT2D eigenvalue weighted by atomic mass is 35.5. The predicted octanol–water partition coefficient (Wildman–Crippen LogP) is 4.03. The van der Waals surface area contributed by atoms with E-state index in [0.717, 1.165) is 49.3 Å². The second-order valence-electron chi connectivity index (χ2n) is 8.21. The summed E-state index contributed by atoms with van der Waals surface area (Å²) in [4.78, 5) is 27.1. The highest BCUT2D eigenvalue weighted by Crippen LogP contribution is 2.58. The van der Waals surface area contributed by atoms with E-state index >= 15 is 0 Å². The van der Waals surface area contributed by atoms with E-state index in [1.807, 2.05) is 61.5 Å². The number of hydrogen-bond acceptors (Lipinski definition) is 3. The third-order valence-electron chi connectivity index (χ3n) is 6.37. The van der Waals surface area contributed by atoms with Crippen molar-refractivity contribution in [1.82, 2.24) is 5.32 Å². The number of piperidine rings is 1. The summed E-state index contributed by atoms with van der Waals surface area (Å²) in [6, 6.07) is 17.4. The van der Waals surface area contributed by atoms with Gasteiger partial charge in [-0.25, -0.2) is 0 Å². The van der Waals surface area contributed by atoms with Gasteiger partial charge in [0, 0.05) is 23.8 Å². The molecule has 30 heavy (non-hydrogen) atoms. The third kappa shape index (κ3) is 4.85. The smallest absolute Gasteiger partial charge is 0.231 e. The highest BCUT2D eigenvalue weighted by Gasteiger charge is 2.57. The zero-order valence-corrected chi connectivity index (χ0v) is 18.2. The summed E-state index contributed by atoms with van der Waals surface area (Å²) in [6.45, 7) is 4.65. The quantitative estimate of drug-likeness (QED) is 0.731. The number of halogens is 1. The van der Waals surface area contributed by atoms with Crippen molar-refractivity contribution >= 4 is 35.6 Å². The molecule has 1 heterocycles. The molecule has 2 fully saturated rings. The van der Waals surface area contributed by atoms with Gasteiger partial charge < -0.3 is 15.5 Å². The molecular weight excluding hydrogens is 398 g/mol. The minimum absolute atomic E-state index is 0. The molecule has 2 amide bonds. The SMILES string of the molecule is CCN(C(=O)Cc1ccc(NC(=O)C2CC23CCNCC3)cc1)c1ccccc1.Cl. The molecule has 0 radical (unpaired) electrons. The summed E-state index contributed by atoms with van der Waals surface area (Å²) >= 11 is 0. The minimum Gasteiger partial charge on any atom is -0.326 e. The Balaban J connectivity index is 0.00000256. The van der Waals surface area contributed by atoms with Crippen molar-refractivity contribution in [2.45, 2.75) is 32.6 Å². The molecule has 6 heteroatoms. The Morgan fingerprint density at radius 2 is 1.73 bits per heavy atom. The van der Waals surface area contributed by atoms with Gasteiger partial charge in [0.1, 0.15) is 0 Å². The van der Waals surface area contributed by atoms with Crippen molar-refractivity contribution in [2.75, 3.05) is 29.9 Å². The van der Waals surface area contributed by atoms with Crippen LogP contribution in [0.3, 0.4) is 0 Å². The Labute approximate surface area is 184 Å². The van der Waals surface area contributed by atoms with Gasteiger partial charge in [0.25, 0.3) is 0 Å². The van der Waals surface area contributed by atoms with Gasteiger partial charge in [-0.3, -0.25) is 9.59 Å². The van der Waals surface area contributed by atoms with Crippen LogP contribution in [-0.4, -0.2) is 31.4 Å². The van der Waals surface area contributed by atoms with Crippen molar-refractivity contribution < 1.29 is 9.59 Å². The summed E-state index contributed by atoms with van der Waals surface area (Å²) in [7, 11) is 0. The average Bonchev–Trinajstić information content (AvgIpc) is 3.44. The van der Waals surface area contributed by atoms with E-state index in [-0.39, 0.29) is 35.6 Å². The number of carbonyl (C=O) groups excluding carboxylic acids is 2. The first-order valence-corrected chi connectivity index (χ1v) is 10.6. The van der Waals surface area contributed by atoms with Crippen molar-refractivity contribution in [3.05, 3.63) is 60.2 Å². The first kappa shape index (κ1) is 22.3. The maximum atomic E-state index is 12.7. The van der Waals surface area contributed by atoms with E-state index in [9.17, 15) is 9.59 Å². The standard InChI is InChI=1S/C24H29N3O2.ClH/c1-2-27(20-6-4-3-5-7-20)22(28)16-18-8-10-19(11-9-18)26-23(29)21-17-24(21)12-14-25-15-13-24;/h3-11,21,25H,2,12-17H2,1H3,(H,26,29);1H. The van der Waals surface area contributed by atoms with Crippen LogP contribution in [0, 0.1) is 11.3 Å². The molecule has 1 aliphatic carbocycles. The van der Waals surface area contributed by atoms with E-state index < -0.39 is 0 Å². The Hall–Kier alpha value is -2.37. The van der Waals surface area contributed by atoms with Crippen LogP contribution in [-0.2, 0) is 16.0 Å². The van der Waals surface area contributed by atoms with Crippen LogP contribution in [0.25, 0.3) is 0 Å². The molecule has 0 bridgehead atoms. The summed E-state index contributed by atoms with van der Waals surface area (Å²) in [5.74, 6) is 0.355.